The molecule has 1 aromatic rings. The van der Waals surface area contributed by atoms with E-state index in [-0.39, 0.29) is 11.8 Å². The Morgan fingerprint density at radius 2 is 2.05 bits per heavy atom. The van der Waals surface area contributed by atoms with Gasteiger partial charge in [-0.15, -0.1) is 0 Å². The summed E-state index contributed by atoms with van der Waals surface area (Å²) in [5.41, 5.74) is 1.26. The van der Waals surface area contributed by atoms with Gasteiger partial charge in [0.25, 0.3) is 0 Å². The number of hydrogen-bond acceptors (Lipinski definition) is 5. The third-order valence-electron chi connectivity index (χ3n) is 3.10. The minimum absolute atomic E-state index is 0.252. The SMILES string of the molecule is COC(=O)c1ncccc1C1=CCN(C(=O)OC(C)(C)C)C1. The highest BCUT2D eigenvalue weighted by Crippen LogP contribution is 2.25. The number of esters is 1. The largest absolute Gasteiger partial charge is 0.464 e. The molecule has 0 fully saturated rings. The molecule has 0 aromatic carbocycles. The van der Waals surface area contributed by atoms with Gasteiger partial charge in [0.1, 0.15) is 5.60 Å². The molecule has 6 heteroatoms. The number of nitrogens with zero attached hydrogens (tertiary/aromatic N) is 2. The molecule has 0 aliphatic carbocycles. The summed E-state index contributed by atoms with van der Waals surface area (Å²) < 4.78 is 10.1. The zero-order valence-electron chi connectivity index (χ0n) is 13.3. The maximum atomic E-state index is 12.1. The van der Waals surface area contributed by atoms with E-state index in [0.717, 1.165) is 5.57 Å². The van der Waals surface area contributed by atoms with Gasteiger partial charge in [0.15, 0.2) is 5.69 Å². The van der Waals surface area contributed by atoms with Crippen LogP contribution in [-0.2, 0) is 9.47 Å². The Morgan fingerprint density at radius 1 is 1.32 bits per heavy atom. The van der Waals surface area contributed by atoms with Crippen molar-refractivity contribution < 1.29 is 19.1 Å². The van der Waals surface area contributed by atoms with Crippen LogP contribution >= 0.6 is 0 Å². The lowest BCUT2D eigenvalue weighted by atomic mass is 10.1. The predicted octanol–water partition coefficient (Wildman–Crippen LogP) is 2.50. The van der Waals surface area contributed by atoms with Crippen LogP contribution < -0.4 is 0 Å². The second kappa shape index (κ2) is 6.17. The minimum atomic E-state index is -0.536. The number of ether oxygens (including phenoxy) is 2. The second-order valence-corrected chi connectivity index (χ2v) is 5.98. The van der Waals surface area contributed by atoms with Crippen LogP contribution in [0.15, 0.2) is 24.4 Å². The lowest BCUT2D eigenvalue weighted by molar-refractivity contribution is 0.0306. The average Bonchev–Trinajstić information content (AvgIpc) is 2.94. The highest BCUT2D eigenvalue weighted by Gasteiger charge is 2.27. The molecule has 0 unspecified atom stereocenters. The van der Waals surface area contributed by atoms with Crippen molar-refractivity contribution in [3.8, 4) is 0 Å². The molecule has 6 nitrogen and oxygen atoms in total. The fraction of sp³-hybridized carbons (Fsp3) is 0.438. The molecule has 2 heterocycles. The van der Waals surface area contributed by atoms with E-state index in [2.05, 4.69) is 4.98 Å². The lowest BCUT2D eigenvalue weighted by Gasteiger charge is -2.24. The van der Waals surface area contributed by atoms with Crippen molar-refractivity contribution in [3.63, 3.8) is 0 Å². The smallest absolute Gasteiger partial charge is 0.410 e. The number of pyridine rings is 1. The van der Waals surface area contributed by atoms with Crippen LogP contribution in [-0.4, -0.2) is 47.7 Å². The number of carbonyl (C=O) groups is 2. The topological polar surface area (TPSA) is 68.7 Å². The van der Waals surface area contributed by atoms with E-state index in [9.17, 15) is 9.59 Å². The number of methoxy groups -OCH3 is 1. The molecule has 0 atom stereocenters. The maximum absolute atomic E-state index is 12.1. The van der Waals surface area contributed by atoms with Gasteiger partial charge in [-0.1, -0.05) is 12.1 Å². The van der Waals surface area contributed by atoms with Crippen LogP contribution in [0.25, 0.3) is 5.57 Å². The Bertz CT molecular complexity index is 617. The minimum Gasteiger partial charge on any atom is -0.464 e. The number of carbonyl (C=O) groups excluding carboxylic acids is 2. The fourth-order valence-electron chi connectivity index (χ4n) is 2.14. The van der Waals surface area contributed by atoms with Crippen LogP contribution in [0.1, 0.15) is 36.8 Å². The molecule has 0 saturated carbocycles. The summed E-state index contributed by atoms with van der Waals surface area (Å²) in [5, 5.41) is 0. The van der Waals surface area contributed by atoms with E-state index in [1.54, 1.807) is 17.0 Å². The second-order valence-electron chi connectivity index (χ2n) is 5.98. The van der Waals surface area contributed by atoms with Gasteiger partial charge in [-0.3, -0.25) is 0 Å². The highest BCUT2D eigenvalue weighted by atomic mass is 16.6. The van der Waals surface area contributed by atoms with Crippen LogP contribution in [0.3, 0.4) is 0 Å². The molecule has 1 aromatic heterocycles. The van der Waals surface area contributed by atoms with Crippen LogP contribution in [0, 0.1) is 0 Å². The Labute approximate surface area is 129 Å². The summed E-state index contributed by atoms with van der Waals surface area (Å²) in [6.07, 6.45) is 3.06. The van der Waals surface area contributed by atoms with E-state index in [1.807, 2.05) is 26.8 Å². The monoisotopic (exact) mass is 304 g/mol. The van der Waals surface area contributed by atoms with Crippen molar-refractivity contribution in [3.05, 3.63) is 35.7 Å². The van der Waals surface area contributed by atoms with Gasteiger partial charge in [0.05, 0.1) is 7.11 Å². The molecule has 2 rings (SSSR count). The zero-order chi connectivity index (χ0) is 16.3. The molecule has 118 valence electrons. The van der Waals surface area contributed by atoms with Crippen molar-refractivity contribution >= 4 is 17.6 Å². The first-order valence-corrected chi connectivity index (χ1v) is 7.02. The zero-order valence-corrected chi connectivity index (χ0v) is 13.3. The molecular formula is C16H20N2O4. The third kappa shape index (κ3) is 3.63. The summed E-state index contributed by atoms with van der Waals surface area (Å²) in [6, 6.07) is 3.54. The van der Waals surface area contributed by atoms with Crippen LogP contribution in [0.4, 0.5) is 4.79 Å². The van der Waals surface area contributed by atoms with Crippen LogP contribution in [0.2, 0.25) is 0 Å². The first-order valence-electron chi connectivity index (χ1n) is 7.02. The molecule has 22 heavy (non-hydrogen) atoms. The van der Waals surface area contributed by atoms with Gasteiger partial charge in [-0.25, -0.2) is 14.6 Å². The molecule has 0 radical (unpaired) electrons. The predicted molar refractivity (Wildman–Crippen MR) is 81.4 cm³/mol. The average molecular weight is 304 g/mol. The summed E-state index contributed by atoms with van der Waals surface area (Å²) in [6.45, 7) is 6.30. The van der Waals surface area contributed by atoms with Gasteiger partial charge in [-0.2, -0.15) is 0 Å². The molecule has 1 amide bonds. The number of rotatable bonds is 2. The molecule has 0 N–H and O–H groups in total. The Hall–Kier alpha value is -2.37. The van der Waals surface area contributed by atoms with Crippen molar-refractivity contribution in [2.75, 3.05) is 20.2 Å². The molecule has 0 bridgehead atoms. The fourth-order valence-corrected chi connectivity index (χ4v) is 2.14. The van der Waals surface area contributed by atoms with Crippen molar-refractivity contribution in [2.45, 2.75) is 26.4 Å². The van der Waals surface area contributed by atoms with E-state index in [4.69, 9.17) is 9.47 Å². The third-order valence-corrected chi connectivity index (χ3v) is 3.10. The van der Waals surface area contributed by atoms with E-state index in [0.29, 0.717) is 18.7 Å². The van der Waals surface area contributed by atoms with Gasteiger partial charge in [0.2, 0.25) is 0 Å². The van der Waals surface area contributed by atoms with Gasteiger partial charge >= 0.3 is 12.1 Å². The molecular weight excluding hydrogens is 284 g/mol. The van der Waals surface area contributed by atoms with Gasteiger partial charge in [0, 0.05) is 24.8 Å². The summed E-state index contributed by atoms with van der Waals surface area (Å²) in [5.74, 6) is -0.493. The highest BCUT2D eigenvalue weighted by molar-refractivity contribution is 5.94. The quantitative estimate of drug-likeness (QED) is 0.785. The standard InChI is InChI=1S/C16H20N2O4/c1-16(2,3)22-15(20)18-9-7-11(10-18)12-6-5-8-17-13(12)14(19)21-4/h5-8H,9-10H2,1-4H3. The lowest BCUT2D eigenvalue weighted by Crippen LogP contribution is -2.35. The van der Waals surface area contributed by atoms with Crippen molar-refractivity contribution in [1.82, 2.24) is 9.88 Å². The first-order chi connectivity index (χ1) is 10.3. The number of hydrogen-bond donors (Lipinski definition) is 0. The van der Waals surface area contributed by atoms with Crippen molar-refractivity contribution in [1.29, 1.82) is 0 Å². The Balaban J connectivity index is 2.14. The van der Waals surface area contributed by atoms with Gasteiger partial charge in [-0.05, 0) is 32.4 Å². The van der Waals surface area contributed by atoms with Crippen LogP contribution in [0.5, 0.6) is 0 Å². The first kappa shape index (κ1) is 16.0. The van der Waals surface area contributed by atoms with Gasteiger partial charge < -0.3 is 14.4 Å². The number of aromatic nitrogens is 1. The molecule has 1 aliphatic heterocycles. The molecule has 0 spiro atoms. The number of amides is 1. The van der Waals surface area contributed by atoms with E-state index >= 15 is 0 Å². The summed E-state index contributed by atoms with van der Waals surface area (Å²) in [7, 11) is 1.32. The normalized spacial score (nSPS) is 14.5. The summed E-state index contributed by atoms with van der Waals surface area (Å²) in [4.78, 5) is 29.5. The molecule has 0 saturated heterocycles. The summed E-state index contributed by atoms with van der Waals surface area (Å²) >= 11 is 0. The van der Waals surface area contributed by atoms with E-state index in [1.165, 1.54) is 13.3 Å². The Morgan fingerprint density at radius 3 is 2.68 bits per heavy atom. The van der Waals surface area contributed by atoms with E-state index < -0.39 is 11.6 Å². The molecule has 1 aliphatic rings. The maximum Gasteiger partial charge on any atom is 0.410 e. The van der Waals surface area contributed by atoms with Crippen molar-refractivity contribution in [2.24, 2.45) is 0 Å². The Kier molecular flexibility index (Phi) is 4.49.